The van der Waals surface area contributed by atoms with E-state index < -0.39 is 0 Å². The van der Waals surface area contributed by atoms with Crippen LogP contribution in [0.5, 0.6) is 0 Å². The minimum atomic E-state index is -0.0804. The molecule has 1 N–H and O–H groups in total. The number of halogens is 1. The zero-order valence-corrected chi connectivity index (χ0v) is 10.5. The van der Waals surface area contributed by atoms with Crippen molar-refractivity contribution < 1.29 is 4.79 Å². The van der Waals surface area contributed by atoms with Crippen molar-refractivity contribution in [3.8, 4) is 0 Å². The van der Waals surface area contributed by atoms with Gasteiger partial charge in [-0.1, -0.05) is 34.3 Å². The van der Waals surface area contributed by atoms with Crippen LogP contribution in [-0.4, -0.2) is 26.9 Å². The van der Waals surface area contributed by atoms with Crippen LogP contribution in [0.3, 0.4) is 0 Å². The molecule has 1 unspecified atom stereocenters. The molecule has 4 nitrogen and oxygen atoms in total. The molecule has 0 fully saturated rings. The number of aromatic nitrogens is 2. The summed E-state index contributed by atoms with van der Waals surface area (Å²) in [6, 6.07) is 0. The summed E-state index contributed by atoms with van der Waals surface area (Å²) < 4.78 is 3.76. The van der Waals surface area contributed by atoms with E-state index in [2.05, 4.69) is 30.8 Å². The fourth-order valence-electron chi connectivity index (χ4n) is 0.926. The van der Waals surface area contributed by atoms with E-state index in [0.29, 0.717) is 11.4 Å². The minimum Gasteiger partial charge on any atom is -0.350 e. The van der Waals surface area contributed by atoms with E-state index in [-0.39, 0.29) is 10.7 Å². The molecule has 6 heteroatoms. The molecule has 1 rings (SSSR count). The number of hydrogen-bond donors (Lipinski definition) is 1. The van der Waals surface area contributed by atoms with E-state index in [4.69, 9.17) is 0 Å². The zero-order valence-electron chi connectivity index (χ0n) is 8.08. The second-order valence-corrected chi connectivity index (χ2v) is 5.21. The third-order valence-corrected chi connectivity index (χ3v) is 2.73. The number of amides is 1. The molecule has 0 saturated heterocycles. The number of rotatable bonds is 4. The highest BCUT2D eigenvalue weighted by Crippen LogP contribution is 2.10. The zero-order chi connectivity index (χ0) is 10.6. The summed E-state index contributed by atoms with van der Waals surface area (Å²) in [5, 5.41) is 6.68. The molecule has 1 amide bonds. The summed E-state index contributed by atoms with van der Waals surface area (Å²) in [7, 11) is 0. The summed E-state index contributed by atoms with van der Waals surface area (Å²) in [4.78, 5) is 12.5. The predicted molar refractivity (Wildman–Crippen MR) is 60.0 cm³/mol. The summed E-state index contributed by atoms with van der Waals surface area (Å²) in [5.74, 6) is -0.0804. The van der Waals surface area contributed by atoms with Gasteiger partial charge in [0.05, 0.1) is 5.69 Å². The first kappa shape index (κ1) is 11.6. The second kappa shape index (κ2) is 5.41. The Morgan fingerprint density at radius 3 is 3.00 bits per heavy atom. The maximum absolute atomic E-state index is 11.6. The van der Waals surface area contributed by atoms with Crippen LogP contribution < -0.4 is 5.32 Å². The Bertz CT molecular complexity index is 313. The lowest BCUT2D eigenvalue weighted by Gasteiger charge is -2.04. The lowest BCUT2D eigenvalue weighted by atomic mass is 10.3. The Morgan fingerprint density at radius 2 is 2.43 bits per heavy atom. The first-order valence-corrected chi connectivity index (χ1v) is 6.07. The number of alkyl halides is 1. The fraction of sp³-hybridized carbons (Fsp3) is 0.625. The molecular formula is C8H12BrN3OS. The van der Waals surface area contributed by atoms with Gasteiger partial charge in [0, 0.05) is 11.4 Å². The van der Waals surface area contributed by atoms with Gasteiger partial charge in [-0.05, 0) is 18.0 Å². The van der Waals surface area contributed by atoms with Crippen molar-refractivity contribution in [1.29, 1.82) is 0 Å². The van der Waals surface area contributed by atoms with Gasteiger partial charge in [0.2, 0.25) is 0 Å². The van der Waals surface area contributed by atoms with E-state index >= 15 is 0 Å². The van der Waals surface area contributed by atoms with Gasteiger partial charge in [-0.3, -0.25) is 4.79 Å². The lowest BCUT2D eigenvalue weighted by Crippen LogP contribution is -2.28. The van der Waals surface area contributed by atoms with Crippen molar-refractivity contribution in [3.05, 3.63) is 10.6 Å². The van der Waals surface area contributed by atoms with E-state index in [1.807, 2.05) is 13.8 Å². The first-order valence-electron chi connectivity index (χ1n) is 4.38. The summed E-state index contributed by atoms with van der Waals surface area (Å²) in [6.45, 7) is 4.55. The number of carbonyl (C=O) groups excluding carboxylic acids is 1. The number of carbonyl (C=O) groups is 1. The minimum absolute atomic E-state index is 0.0804. The van der Waals surface area contributed by atoms with Crippen LogP contribution in [0, 0.1) is 0 Å². The molecule has 0 aliphatic rings. The van der Waals surface area contributed by atoms with Crippen LogP contribution >= 0.6 is 27.5 Å². The normalized spacial score (nSPS) is 12.5. The Morgan fingerprint density at radius 1 is 1.71 bits per heavy atom. The molecule has 1 aromatic heterocycles. The molecule has 0 aliphatic carbocycles. The van der Waals surface area contributed by atoms with Gasteiger partial charge in [0.25, 0.3) is 5.91 Å². The van der Waals surface area contributed by atoms with Crippen LogP contribution in [0.4, 0.5) is 0 Å². The summed E-state index contributed by atoms with van der Waals surface area (Å²) in [5.41, 5.74) is 0.773. The highest BCUT2D eigenvalue weighted by Gasteiger charge is 2.14. The molecule has 0 aromatic carbocycles. The van der Waals surface area contributed by atoms with Gasteiger partial charge in [-0.25, -0.2) is 0 Å². The van der Waals surface area contributed by atoms with Gasteiger partial charge < -0.3 is 5.32 Å². The number of aryl methyl sites for hydroxylation is 1. The SMILES string of the molecule is CCc1nnsc1C(=O)NCC(C)Br. The van der Waals surface area contributed by atoms with Crippen LogP contribution in [0.15, 0.2) is 0 Å². The number of nitrogens with one attached hydrogen (secondary N) is 1. The van der Waals surface area contributed by atoms with Crippen molar-refractivity contribution in [3.63, 3.8) is 0 Å². The smallest absolute Gasteiger partial charge is 0.264 e. The fourth-order valence-corrected chi connectivity index (χ4v) is 1.75. The number of nitrogens with zero attached hydrogens (tertiary/aromatic N) is 2. The number of hydrogen-bond acceptors (Lipinski definition) is 4. The lowest BCUT2D eigenvalue weighted by molar-refractivity contribution is 0.0957. The molecule has 0 spiro atoms. The van der Waals surface area contributed by atoms with Crippen molar-refractivity contribution in [2.75, 3.05) is 6.54 Å². The standard InChI is InChI=1S/C8H12BrN3OS/c1-3-6-7(14-12-11-6)8(13)10-4-5(2)9/h5H,3-4H2,1-2H3,(H,10,13). The van der Waals surface area contributed by atoms with Crippen molar-refractivity contribution >= 4 is 33.4 Å². The Labute approximate surface area is 95.4 Å². The molecule has 0 saturated carbocycles. The maximum atomic E-state index is 11.6. The average Bonchev–Trinajstić information content (AvgIpc) is 2.61. The topological polar surface area (TPSA) is 54.9 Å². The monoisotopic (exact) mass is 277 g/mol. The maximum Gasteiger partial charge on any atom is 0.264 e. The quantitative estimate of drug-likeness (QED) is 0.851. The predicted octanol–water partition coefficient (Wildman–Crippen LogP) is 1.61. The third-order valence-electron chi connectivity index (χ3n) is 1.64. The van der Waals surface area contributed by atoms with E-state index in [1.54, 1.807) is 0 Å². The Hall–Kier alpha value is -0.490. The largest absolute Gasteiger partial charge is 0.350 e. The van der Waals surface area contributed by atoms with Crippen molar-refractivity contribution in [2.24, 2.45) is 0 Å². The van der Waals surface area contributed by atoms with E-state index in [1.165, 1.54) is 0 Å². The van der Waals surface area contributed by atoms with Crippen molar-refractivity contribution in [2.45, 2.75) is 25.1 Å². The molecule has 0 aliphatic heterocycles. The second-order valence-electron chi connectivity index (χ2n) is 2.89. The summed E-state index contributed by atoms with van der Waals surface area (Å²) in [6.07, 6.45) is 0.739. The van der Waals surface area contributed by atoms with Crippen LogP contribution in [0.2, 0.25) is 0 Å². The van der Waals surface area contributed by atoms with E-state index in [0.717, 1.165) is 23.6 Å². The van der Waals surface area contributed by atoms with Crippen molar-refractivity contribution in [1.82, 2.24) is 14.9 Å². The highest BCUT2D eigenvalue weighted by atomic mass is 79.9. The van der Waals surface area contributed by atoms with Crippen LogP contribution in [0.1, 0.15) is 29.2 Å². The van der Waals surface area contributed by atoms with Crippen LogP contribution in [0.25, 0.3) is 0 Å². The molecular weight excluding hydrogens is 266 g/mol. The molecule has 1 heterocycles. The van der Waals surface area contributed by atoms with Gasteiger partial charge in [0.15, 0.2) is 0 Å². The van der Waals surface area contributed by atoms with E-state index in [9.17, 15) is 4.79 Å². The third kappa shape index (κ3) is 3.02. The van der Waals surface area contributed by atoms with Gasteiger partial charge >= 0.3 is 0 Å². The van der Waals surface area contributed by atoms with Gasteiger partial charge in [0.1, 0.15) is 4.88 Å². The Balaban J connectivity index is 2.60. The van der Waals surface area contributed by atoms with Gasteiger partial charge in [-0.15, -0.1) is 5.10 Å². The molecule has 78 valence electrons. The molecule has 0 radical (unpaired) electrons. The van der Waals surface area contributed by atoms with Gasteiger partial charge in [-0.2, -0.15) is 0 Å². The summed E-state index contributed by atoms with van der Waals surface area (Å²) >= 11 is 4.50. The Kier molecular flexibility index (Phi) is 4.47. The van der Waals surface area contributed by atoms with Crippen LogP contribution in [-0.2, 0) is 6.42 Å². The highest BCUT2D eigenvalue weighted by molar-refractivity contribution is 9.09. The molecule has 0 bridgehead atoms. The molecule has 1 aromatic rings. The molecule has 1 atom stereocenters. The average molecular weight is 278 g/mol. The first-order chi connectivity index (χ1) is 6.65. The molecule has 14 heavy (non-hydrogen) atoms.